The number of likely N-dealkylation sites (N-methyl/N-ethyl adjacent to an activating group) is 1. The van der Waals surface area contributed by atoms with Gasteiger partial charge in [-0.05, 0) is 42.8 Å². The number of carbonyl (C=O) groups is 1. The molecule has 5 heteroatoms. The summed E-state index contributed by atoms with van der Waals surface area (Å²) in [6.07, 6.45) is 5.32. The van der Waals surface area contributed by atoms with Crippen LogP contribution in [-0.4, -0.2) is 35.8 Å². The Bertz CT molecular complexity index is 564. The average molecular weight is 301 g/mol. The smallest absolute Gasteiger partial charge is 0.224 e. The van der Waals surface area contributed by atoms with Gasteiger partial charge in [-0.25, -0.2) is 0 Å². The minimum Gasteiger partial charge on any atom is -0.395 e. The third kappa shape index (κ3) is 4.93. The zero-order valence-corrected chi connectivity index (χ0v) is 12.9. The van der Waals surface area contributed by atoms with E-state index in [1.165, 1.54) is 0 Å². The van der Waals surface area contributed by atoms with E-state index in [4.69, 9.17) is 5.11 Å². The molecule has 118 valence electrons. The summed E-state index contributed by atoms with van der Waals surface area (Å²) < 4.78 is 2.07. The first-order valence-corrected chi connectivity index (χ1v) is 7.51. The molecule has 1 aromatic carbocycles. The molecule has 0 aliphatic carbocycles. The molecule has 5 nitrogen and oxygen atoms in total. The first kappa shape index (κ1) is 16.1. The van der Waals surface area contributed by atoms with E-state index in [1.54, 1.807) is 0 Å². The number of rotatable bonds is 8. The number of aromatic nitrogens is 1. The highest BCUT2D eigenvalue weighted by molar-refractivity contribution is 5.90. The van der Waals surface area contributed by atoms with Crippen molar-refractivity contribution in [2.75, 3.05) is 30.4 Å². The van der Waals surface area contributed by atoms with Crippen LogP contribution < -0.4 is 10.2 Å². The molecule has 0 atom stereocenters. The van der Waals surface area contributed by atoms with Gasteiger partial charge >= 0.3 is 0 Å². The number of anilines is 2. The van der Waals surface area contributed by atoms with Crippen LogP contribution in [0.2, 0.25) is 0 Å². The fraction of sp³-hybridized carbons (Fsp3) is 0.353. The van der Waals surface area contributed by atoms with Gasteiger partial charge in [-0.1, -0.05) is 0 Å². The Kier molecular flexibility index (Phi) is 6.03. The van der Waals surface area contributed by atoms with Crippen LogP contribution in [0.25, 0.3) is 0 Å². The molecule has 0 saturated heterocycles. The maximum Gasteiger partial charge on any atom is 0.224 e. The number of hydrogen-bond acceptors (Lipinski definition) is 3. The molecule has 0 spiro atoms. The van der Waals surface area contributed by atoms with E-state index in [2.05, 4.69) is 9.88 Å². The second-order valence-corrected chi connectivity index (χ2v) is 5.26. The molecular formula is C17H23N3O2. The number of amides is 1. The van der Waals surface area contributed by atoms with Gasteiger partial charge in [0.05, 0.1) is 6.61 Å². The normalized spacial score (nSPS) is 10.5. The van der Waals surface area contributed by atoms with Crippen molar-refractivity contribution in [2.45, 2.75) is 19.4 Å². The molecule has 2 aromatic rings. The topological polar surface area (TPSA) is 57.5 Å². The van der Waals surface area contributed by atoms with Crippen molar-refractivity contribution in [2.24, 2.45) is 0 Å². The van der Waals surface area contributed by atoms with Crippen molar-refractivity contribution in [3.63, 3.8) is 0 Å². The van der Waals surface area contributed by atoms with E-state index in [0.29, 0.717) is 13.0 Å². The summed E-state index contributed by atoms with van der Waals surface area (Å²) in [5, 5.41) is 11.8. The molecule has 0 saturated carbocycles. The van der Waals surface area contributed by atoms with Crippen LogP contribution in [0.5, 0.6) is 0 Å². The Morgan fingerprint density at radius 3 is 2.55 bits per heavy atom. The monoisotopic (exact) mass is 301 g/mol. The molecule has 0 bridgehead atoms. The van der Waals surface area contributed by atoms with E-state index in [9.17, 15) is 4.79 Å². The highest BCUT2D eigenvalue weighted by Gasteiger charge is 2.04. The van der Waals surface area contributed by atoms with E-state index in [1.807, 2.05) is 60.7 Å². The van der Waals surface area contributed by atoms with Crippen LogP contribution in [0, 0.1) is 0 Å². The lowest BCUT2D eigenvalue weighted by molar-refractivity contribution is -0.116. The fourth-order valence-corrected chi connectivity index (χ4v) is 2.24. The predicted molar refractivity (Wildman–Crippen MR) is 89.1 cm³/mol. The number of benzene rings is 1. The number of aryl methyl sites for hydroxylation is 1. The standard InChI is InChI=1S/C17H23N3O2/c1-19(13-14-21)16-8-6-15(7-9-16)18-17(22)5-4-12-20-10-2-3-11-20/h2-3,6-11,21H,4-5,12-14H2,1H3,(H,18,22). The summed E-state index contributed by atoms with van der Waals surface area (Å²) in [5.41, 5.74) is 1.81. The van der Waals surface area contributed by atoms with Crippen molar-refractivity contribution >= 4 is 17.3 Å². The van der Waals surface area contributed by atoms with E-state index in [-0.39, 0.29) is 12.5 Å². The molecule has 2 N–H and O–H groups in total. The lowest BCUT2D eigenvalue weighted by Crippen LogP contribution is -2.21. The number of nitrogens with zero attached hydrogens (tertiary/aromatic N) is 2. The van der Waals surface area contributed by atoms with Gasteiger partial charge in [-0.2, -0.15) is 0 Å². The molecule has 0 unspecified atom stereocenters. The summed E-state index contributed by atoms with van der Waals surface area (Å²) in [6, 6.07) is 11.6. The molecule has 1 aromatic heterocycles. The number of aliphatic hydroxyl groups excluding tert-OH is 1. The van der Waals surface area contributed by atoms with E-state index < -0.39 is 0 Å². The fourth-order valence-electron chi connectivity index (χ4n) is 2.24. The maximum atomic E-state index is 11.9. The Morgan fingerprint density at radius 2 is 1.91 bits per heavy atom. The molecule has 0 fully saturated rings. The number of nitrogens with one attached hydrogen (secondary N) is 1. The highest BCUT2D eigenvalue weighted by atomic mass is 16.3. The highest BCUT2D eigenvalue weighted by Crippen LogP contribution is 2.16. The number of hydrogen-bond donors (Lipinski definition) is 2. The third-order valence-corrected chi connectivity index (χ3v) is 3.51. The Morgan fingerprint density at radius 1 is 1.23 bits per heavy atom. The number of aliphatic hydroxyl groups is 1. The van der Waals surface area contributed by atoms with E-state index in [0.717, 1.165) is 24.3 Å². The second-order valence-electron chi connectivity index (χ2n) is 5.26. The summed E-state index contributed by atoms with van der Waals surface area (Å²) >= 11 is 0. The zero-order chi connectivity index (χ0) is 15.8. The minimum absolute atomic E-state index is 0.0311. The van der Waals surface area contributed by atoms with Crippen molar-refractivity contribution in [3.05, 3.63) is 48.8 Å². The molecule has 0 aliphatic rings. The largest absolute Gasteiger partial charge is 0.395 e. The minimum atomic E-state index is 0.0311. The van der Waals surface area contributed by atoms with Crippen molar-refractivity contribution < 1.29 is 9.90 Å². The van der Waals surface area contributed by atoms with Gasteiger partial charge in [0.15, 0.2) is 0 Å². The van der Waals surface area contributed by atoms with Gasteiger partial charge < -0.3 is 19.9 Å². The van der Waals surface area contributed by atoms with Crippen LogP contribution in [0.15, 0.2) is 48.8 Å². The van der Waals surface area contributed by atoms with Crippen LogP contribution in [-0.2, 0) is 11.3 Å². The summed E-state index contributed by atoms with van der Waals surface area (Å²) in [6.45, 7) is 1.56. The van der Waals surface area contributed by atoms with Crippen LogP contribution in [0.1, 0.15) is 12.8 Å². The molecule has 1 amide bonds. The molecule has 22 heavy (non-hydrogen) atoms. The quantitative estimate of drug-likeness (QED) is 0.787. The summed E-state index contributed by atoms with van der Waals surface area (Å²) in [4.78, 5) is 13.9. The molecule has 0 aliphatic heterocycles. The summed E-state index contributed by atoms with van der Waals surface area (Å²) in [7, 11) is 1.92. The SMILES string of the molecule is CN(CCO)c1ccc(NC(=O)CCCn2cccc2)cc1. The Labute approximate surface area is 131 Å². The second kappa shape index (κ2) is 8.24. The maximum absolute atomic E-state index is 11.9. The lowest BCUT2D eigenvalue weighted by atomic mass is 10.2. The van der Waals surface area contributed by atoms with Gasteiger partial charge in [-0.15, -0.1) is 0 Å². The zero-order valence-electron chi connectivity index (χ0n) is 12.9. The lowest BCUT2D eigenvalue weighted by Gasteiger charge is -2.18. The Hall–Kier alpha value is -2.27. The molecule has 2 rings (SSSR count). The van der Waals surface area contributed by atoms with Crippen LogP contribution >= 0.6 is 0 Å². The Balaban J connectivity index is 1.76. The van der Waals surface area contributed by atoms with Crippen molar-refractivity contribution in [1.82, 2.24) is 4.57 Å². The van der Waals surface area contributed by atoms with Gasteiger partial charge in [-0.3, -0.25) is 4.79 Å². The first-order chi connectivity index (χ1) is 10.7. The van der Waals surface area contributed by atoms with Crippen molar-refractivity contribution in [3.8, 4) is 0 Å². The summed E-state index contributed by atoms with van der Waals surface area (Å²) in [5.74, 6) is 0.0311. The van der Waals surface area contributed by atoms with Crippen LogP contribution in [0.4, 0.5) is 11.4 Å². The van der Waals surface area contributed by atoms with Gasteiger partial charge in [0.2, 0.25) is 5.91 Å². The third-order valence-electron chi connectivity index (χ3n) is 3.51. The van der Waals surface area contributed by atoms with Gasteiger partial charge in [0.1, 0.15) is 0 Å². The molecule has 0 radical (unpaired) electrons. The average Bonchev–Trinajstić information content (AvgIpc) is 3.01. The van der Waals surface area contributed by atoms with E-state index >= 15 is 0 Å². The number of carbonyl (C=O) groups excluding carboxylic acids is 1. The van der Waals surface area contributed by atoms with Gasteiger partial charge in [0.25, 0.3) is 0 Å². The molecule has 1 heterocycles. The van der Waals surface area contributed by atoms with Crippen molar-refractivity contribution in [1.29, 1.82) is 0 Å². The molecular weight excluding hydrogens is 278 g/mol. The van der Waals surface area contributed by atoms with Gasteiger partial charge in [0, 0.05) is 50.3 Å². The first-order valence-electron chi connectivity index (χ1n) is 7.51. The van der Waals surface area contributed by atoms with Crippen LogP contribution in [0.3, 0.4) is 0 Å². The predicted octanol–water partition coefficient (Wildman–Crippen LogP) is 2.34.